The van der Waals surface area contributed by atoms with E-state index in [1.54, 1.807) is 11.0 Å². The number of nitrogens with zero attached hydrogens (tertiary/aromatic N) is 1. The summed E-state index contributed by atoms with van der Waals surface area (Å²) in [6.07, 6.45) is 0.815. The third kappa shape index (κ3) is 2.37. The monoisotopic (exact) mass is 333 g/mol. The first-order valence-corrected chi connectivity index (χ1v) is 8.55. The third-order valence-corrected chi connectivity index (χ3v) is 4.70. The van der Waals surface area contributed by atoms with Gasteiger partial charge in [-0.3, -0.25) is 9.59 Å². The zero-order valence-corrected chi connectivity index (χ0v) is 14.3. The molecular formula is C21H19NO3. The number of rotatable bonds is 3. The molecule has 0 N–H and O–H groups in total. The highest BCUT2D eigenvalue weighted by Crippen LogP contribution is 2.38. The number of carbonyl (C=O) groups is 1. The Balaban J connectivity index is 2.03. The molecule has 4 heteroatoms. The number of hydrogen-bond acceptors (Lipinski definition) is 3. The molecule has 2 aromatic carbocycles. The van der Waals surface area contributed by atoms with Crippen LogP contribution in [0.15, 0.2) is 57.7 Å². The fraction of sp³-hybridized carbons (Fsp3) is 0.238. The van der Waals surface area contributed by atoms with Gasteiger partial charge < -0.3 is 9.32 Å². The van der Waals surface area contributed by atoms with Crippen LogP contribution < -0.4 is 5.43 Å². The molecule has 1 aliphatic heterocycles. The van der Waals surface area contributed by atoms with Crippen LogP contribution in [0, 0.1) is 6.92 Å². The highest BCUT2D eigenvalue weighted by atomic mass is 16.3. The van der Waals surface area contributed by atoms with Crippen LogP contribution in [0.25, 0.3) is 11.0 Å². The van der Waals surface area contributed by atoms with Gasteiger partial charge in [0, 0.05) is 6.54 Å². The van der Waals surface area contributed by atoms with Crippen LogP contribution in [0.1, 0.15) is 46.6 Å². The van der Waals surface area contributed by atoms with E-state index in [-0.39, 0.29) is 23.1 Å². The van der Waals surface area contributed by atoms with Crippen molar-refractivity contribution in [1.82, 2.24) is 4.90 Å². The minimum absolute atomic E-state index is 0.110. The lowest BCUT2D eigenvalue weighted by Gasteiger charge is -2.24. The zero-order chi connectivity index (χ0) is 17.6. The Labute approximate surface area is 145 Å². The summed E-state index contributed by atoms with van der Waals surface area (Å²) in [4.78, 5) is 27.9. The normalized spacial score (nSPS) is 16.5. The lowest BCUT2D eigenvalue weighted by atomic mass is 9.98. The molecule has 4 rings (SSSR count). The maximum atomic E-state index is 13.2. The van der Waals surface area contributed by atoms with Gasteiger partial charge in [-0.15, -0.1) is 0 Å². The van der Waals surface area contributed by atoms with Gasteiger partial charge in [-0.05, 0) is 31.0 Å². The van der Waals surface area contributed by atoms with Crippen molar-refractivity contribution in [2.75, 3.05) is 6.54 Å². The lowest BCUT2D eigenvalue weighted by Crippen LogP contribution is -2.30. The van der Waals surface area contributed by atoms with Crippen molar-refractivity contribution >= 4 is 16.9 Å². The average molecular weight is 333 g/mol. The summed E-state index contributed by atoms with van der Waals surface area (Å²) in [5, 5.41) is 0.533. The van der Waals surface area contributed by atoms with Gasteiger partial charge in [0.15, 0.2) is 5.43 Å². The fourth-order valence-electron chi connectivity index (χ4n) is 3.59. The second-order valence-corrected chi connectivity index (χ2v) is 6.49. The molecule has 0 spiro atoms. The molecule has 126 valence electrons. The third-order valence-electron chi connectivity index (χ3n) is 4.70. The van der Waals surface area contributed by atoms with Crippen molar-refractivity contribution in [3.8, 4) is 0 Å². The topological polar surface area (TPSA) is 50.5 Å². The van der Waals surface area contributed by atoms with Gasteiger partial charge in [0.1, 0.15) is 5.58 Å². The summed E-state index contributed by atoms with van der Waals surface area (Å²) < 4.78 is 5.89. The molecule has 2 heterocycles. The van der Waals surface area contributed by atoms with Crippen molar-refractivity contribution in [3.05, 3.63) is 81.2 Å². The quantitative estimate of drug-likeness (QED) is 0.726. The SMILES string of the molecule is CCCN1C(=O)c2oc3ccc(C)cc3c(=O)c2[C@H]1c1ccccc1. The largest absolute Gasteiger partial charge is 0.450 e. The molecule has 1 aliphatic rings. The van der Waals surface area contributed by atoms with Crippen LogP contribution in [0.5, 0.6) is 0 Å². The van der Waals surface area contributed by atoms with E-state index in [0.29, 0.717) is 23.1 Å². The van der Waals surface area contributed by atoms with Crippen LogP contribution in [0.4, 0.5) is 0 Å². The first kappa shape index (κ1) is 15.6. The average Bonchev–Trinajstić information content (AvgIpc) is 2.90. The van der Waals surface area contributed by atoms with E-state index in [2.05, 4.69) is 0 Å². The molecule has 0 saturated heterocycles. The molecule has 1 amide bonds. The number of carbonyl (C=O) groups excluding carboxylic acids is 1. The second kappa shape index (κ2) is 5.88. The standard InChI is InChI=1S/C21H19NO3/c1-3-11-22-18(14-7-5-4-6-8-14)17-19(23)15-12-13(2)9-10-16(15)25-20(17)21(22)24/h4-10,12,18H,3,11H2,1-2H3/t18-/m1/s1. The molecule has 0 aliphatic carbocycles. The summed E-state index contributed by atoms with van der Waals surface area (Å²) >= 11 is 0. The predicted octanol–water partition coefficient (Wildman–Crippen LogP) is 4.06. The summed E-state index contributed by atoms with van der Waals surface area (Å²) in [5.41, 5.74) is 2.74. The maximum Gasteiger partial charge on any atom is 0.290 e. The molecule has 0 fully saturated rings. The Hall–Kier alpha value is -2.88. The van der Waals surface area contributed by atoms with Crippen LogP contribution >= 0.6 is 0 Å². The van der Waals surface area contributed by atoms with Gasteiger partial charge in [-0.1, -0.05) is 48.9 Å². The molecule has 25 heavy (non-hydrogen) atoms. The van der Waals surface area contributed by atoms with Gasteiger partial charge in [0.25, 0.3) is 5.91 Å². The van der Waals surface area contributed by atoms with Crippen molar-refractivity contribution in [2.45, 2.75) is 26.3 Å². The van der Waals surface area contributed by atoms with E-state index in [0.717, 1.165) is 17.5 Å². The Morgan fingerprint density at radius 2 is 1.84 bits per heavy atom. The highest BCUT2D eigenvalue weighted by molar-refractivity contribution is 5.99. The number of benzene rings is 2. The number of hydrogen-bond donors (Lipinski definition) is 0. The van der Waals surface area contributed by atoms with Crippen molar-refractivity contribution in [2.24, 2.45) is 0 Å². The molecule has 1 atom stereocenters. The lowest BCUT2D eigenvalue weighted by molar-refractivity contribution is 0.0728. The Kier molecular flexibility index (Phi) is 3.68. The Morgan fingerprint density at radius 1 is 1.08 bits per heavy atom. The summed E-state index contributed by atoms with van der Waals surface area (Å²) in [6.45, 7) is 4.54. The smallest absolute Gasteiger partial charge is 0.290 e. The molecular weight excluding hydrogens is 314 g/mol. The minimum atomic E-state index is -0.384. The highest BCUT2D eigenvalue weighted by Gasteiger charge is 2.42. The van der Waals surface area contributed by atoms with Crippen LogP contribution in [-0.2, 0) is 0 Å². The summed E-state index contributed by atoms with van der Waals surface area (Å²) in [6, 6.07) is 14.8. The molecule has 0 unspecified atom stereocenters. The van der Waals surface area contributed by atoms with Gasteiger partial charge >= 0.3 is 0 Å². The minimum Gasteiger partial charge on any atom is -0.450 e. The van der Waals surface area contributed by atoms with Crippen LogP contribution in [-0.4, -0.2) is 17.4 Å². The molecule has 4 nitrogen and oxygen atoms in total. The Morgan fingerprint density at radius 3 is 2.56 bits per heavy atom. The van der Waals surface area contributed by atoms with Crippen molar-refractivity contribution < 1.29 is 9.21 Å². The summed E-state index contributed by atoms with van der Waals surface area (Å²) in [5.74, 6) is -0.0195. The summed E-state index contributed by atoms with van der Waals surface area (Å²) in [7, 11) is 0. The van der Waals surface area contributed by atoms with Gasteiger partial charge in [-0.25, -0.2) is 0 Å². The van der Waals surface area contributed by atoms with Crippen LogP contribution in [0.3, 0.4) is 0 Å². The van der Waals surface area contributed by atoms with E-state index in [9.17, 15) is 9.59 Å². The van der Waals surface area contributed by atoms with Crippen molar-refractivity contribution in [3.63, 3.8) is 0 Å². The molecule has 0 saturated carbocycles. The maximum absolute atomic E-state index is 13.2. The van der Waals surface area contributed by atoms with E-state index in [4.69, 9.17) is 4.42 Å². The van der Waals surface area contributed by atoms with E-state index in [1.165, 1.54) is 0 Å². The van der Waals surface area contributed by atoms with Gasteiger partial charge in [0.05, 0.1) is 17.0 Å². The predicted molar refractivity (Wildman–Crippen MR) is 96.8 cm³/mol. The number of aryl methyl sites for hydroxylation is 1. The fourth-order valence-corrected chi connectivity index (χ4v) is 3.59. The first-order chi connectivity index (χ1) is 12.1. The molecule has 0 bridgehead atoms. The van der Waals surface area contributed by atoms with Crippen LogP contribution in [0.2, 0.25) is 0 Å². The van der Waals surface area contributed by atoms with E-state index < -0.39 is 0 Å². The van der Waals surface area contributed by atoms with Gasteiger partial charge in [0.2, 0.25) is 5.76 Å². The van der Waals surface area contributed by atoms with Crippen molar-refractivity contribution in [1.29, 1.82) is 0 Å². The second-order valence-electron chi connectivity index (χ2n) is 6.49. The number of amides is 1. The molecule has 1 aromatic heterocycles. The first-order valence-electron chi connectivity index (χ1n) is 8.55. The van der Waals surface area contributed by atoms with E-state index in [1.807, 2.05) is 56.3 Å². The molecule has 0 radical (unpaired) electrons. The van der Waals surface area contributed by atoms with Gasteiger partial charge in [-0.2, -0.15) is 0 Å². The van der Waals surface area contributed by atoms with E-state index >= 15 is 0 Å². The Bertz CT molecular complexity index is 1020. The molecule has 3 aromatic rings. The zero-order valence-electron chi connectivity index (χ0n) is 14.3. The number of fused-ring (bicyclic) bond motifs is 2.